The Kier molecular flexibility index (Phi) is 5.98. The summed E-state index contributed by atoms with van der Waals surface area (Å²) in [6.45, 7) is 2.46. The zero-order valence-corrected chi connectivity index (χ0v) is 12.1. The zero-order chi connectivity index (χ0) is 14.4. The smallest absolute Gasteiger partial charge is 0.222 e. The summed E-state index contributed by atoms with van der Waals surface area (Å²) in [4.78, 5) is 13.5. The van der Waals surface area contributed by atoms with Gasteiger partial charge in [-0.1, -0.05) is 0 Å². The van der Waals surface area contributed by atoms with E-state index in [0.29, 0.717) is 19.4 Å². The number of ether oxygens (including phenoxy) is 1. The van der Waals surface area contributed by atoms with Crippen molar-refractivity contribution in [2.45, 2.75) is 25.9 Å². The summed E-state index contributed by atoms with van der Waals surface area (Å²) in [5.41, 5.74) is 2.04. The molecule has 108 valence electrons. The fourth-order valence-electron chi connectivity index (χ4n) is 1.99. The van der Waals surface area contributed by atoms with Crippen molar-refractivity contribution < 1.29 is 14.6 Å². The fraction of sp³-hybridized carbons (Fsp3) is 0.692. The van der Waals surface area contributed by atoms with Crippen molar-refractivity contribution >= 4 is 5.91 Å². The lowest BCUT2D eigenvalue weighted by atomic mass is 10.1. The number of aryl methyl sites for hydroxylation is 3. The Bertz CT molecular complexity index is 417. The van der Waals surface area contributed by atoms with E-state index >= 15 is 0 Å². The maximum atomic E-state index is 11.9. The molecule has 0 fully saturated rings. The Morgan fingerprint density at radius 3 is 2.84 bits per heavy atom. The topological polar surface area (TPSA) is 67.6 Å². The lowest BCUT2D eigenvalue weighted by Gasteiger charge is -2.20. The third kappa shape index (κ3) is 5.00. The molecule has 1 atom stereocenters. The molecule has 1 amide bonds. The summed E-state index contributed by atoms with van der Waals surface area (Å²) < 4.78 is 6.58. The second kappa shape index (κ2) is 7.25. The van der Waals surface area contributed by atoms with E-state index in [-0.39, 0.29) is 12.5 Å². The van der Waals surface area contributed by atoms with E-state index in [9.17, 15) is 9.90 Å². The lowest BCUT2D eigenvalue weighted by Crippen LogP contribution is -2.36. The monoisotopic (exact) mass is 269 g/mol. The lowest BCUT2D eigenvalue weighted by molar-refractivity contribution is -0.131. The third-order valence-corrected chi connectivity index (χ3v) is 2.99. The number of aromatic nitrogens is 2. The Balaban J connectivity index is 2.40. The minimum atomic E-state index is -0.640. The van der Waals surface area contributed by atoms with E-state index in [4.69, 9.17) is 4.74 Å². The van der Waals surface area contributed by atoms with E-state index in [1.54, 1.807) is 11.7 Å². The van der Waals surface area contributed by atoms with Gasteiger partial charge in [0.15, 0.2) is 0 Å². The molecule has 0 saturated carbocycles. The molecule has 1 aromatic heterocycles. The van der Waals surface area contributed by atoms with E-state index < -0.39 is 6.10 Å². The quantitative estimate of drug-likeness (QED) is 0.764. The van der Waals surface area contributed by atoms with Gasteiger partial charge < -0.3 is 14.7 Å². The van der Waals surface area contributed by atoms with Crippen LogP contribution < -0.4 is 0 Å². The highest BCUT2D eigenvalue weighted by molar-refractivity contribution is 5.76. The van der Waals surface area contributed by atoms with Crippen LogP contribution in [-0.2, 0) is 23.0 Å². The molecule has 1 heterocycles. The normalized spacial score (nSPS) is 12.5. The number of carbonyl (C=O) groups excluding carboxylic acids is 1. The van der Waals surface area contributed by atoms with Crippen LogP contribution in [0.5, 0.6) is 0 Å². The number of carbonyl (C=O) groups is 1. The maximum Gasteiger partial charge on any atom is 0.222 e. The minimum Gasteiger partial charge on any atom is -0.389 e. The summed E-state index contributed by atoms with van der Waals surface area (Å²) in [5, 5.41) is 13.8. The van der Waals surface area contributed by atoms with Gasteiger partial charge in [-0.25, -0.2) is 0 Å². The van der Waals surface area contributed by atoms with Gasteiger partial charge in [-0.3, -0.25) is 9.48 Å². The molecule has 1 aromatic rings. The van der Waals surface area contributed by atoms with Crippen LogP contribution in [0.1, 0.15) is 17.7 Å². The summed E-state index contributed by atoms with van der Waals surface area (Å²) in [7, 11) is 5.08. The van der Waals surface area contributed by atoms with Gasteiger partial charge in [0.2, 0.25) is 5.91 Å². The largest absolute Gasteiger partial charge is 0.389 e. The molecule has 0 aliphatic rings. The standard InChI is InChI=1S/C13H23N3O3/c1-10-11(7-16(3)14-10)5-6-13(18)15(2)8-12(17)9-19-4/h7,12,17H,5-6,8-9H2,1-4H3. The van der Waals surface area contributed by atoms with Gasteiger partial charge >= 0.3 is 0 Å². The third-order valence-electron chi connectivity index (χ3n) is 2.99. The van der Waals surface area contributed by atoms with Crippen LogP contribution in [0.15, 0.2) is 6.20 Å². The van der Waals surface area contributed by atoms with Gasteiger partial charge in [0.1, 0.15) is 0 Å². The average molecular weight is 269 g/mol. The van der Waals surface area contributed by atoms with Crippen molar-refractivity contribution in [2.75, 3.05) is 27.3 Å². The van der Waals surface area contributed by atoms with Crippen LogP contribution in [0.25, 0.3) is 0 Å². The Labute approximate surface area is 114 Å². The van der Waals surface area contributed by atoms with Gasteiger partial charge in [0.25, 0.3) is 0 Å². The van der Waals surface area contributed by atoms with Crippen molar-refractivity contribution in [3.8, 4) is 0 Å². The highest BCUT2D eigenvalue weighted by Gasteiger charge is 2.14. The number of likely N-dealkylation sites (N-methyl/N-ethyl adjacent to an activating group) is 1. The zero-order valence-electron chi connectivity index (χ0n) is 12.1. The van der Waals surface area contributed by atoms with Crippen molar-refractivity contribution in [3.63, 3.8) is 0 Å². The molecule has 0 bridgehead atoms. The number of rotatable bonds is 7. The average Bonchev–Trinajstić information content (AvgIpc) is 2.64. The SMILES string of the molecule is COCC(O)CN(C)C(=O)CCc1cn(C)nc1C. The fourth-order valence-corrected chi connectivity index (χ4v) is 1.99. The first-order valence-corrected chi connectivity index (χ1v) is 6.34. The predicted molar refractivity (Wildman–Crippen MR) is 71.8 cm³/mol. The molecule has 0 saturated heterocycles. The number of aliphatic hydroxyl groups excluding tert-OH is 1. The van der Waals surface area contributed by atoms with Gasteiger partial charge in [-0.05, 0) is 18.9 Å². The molecule has 0 spiro atoms. The van der Waals surface area contributed by atoms with Crippen LogP contribution in [0.3, 0.4) is 0 Å². The Hall–Kier alpha value is -1.40. The maximum absolute atomic E-state index is 11.9. The summed E-state index contributed by atoms with van der Waals surface area (Å²) >= 11 is 0. The van der Waals surface area contributed by atoms with E-state index in [2.05, 4.69) is 5.10 Å². The van der Waals surface area contributed by atoms with E-state index in [1.165, 1.54) is 12.0 Å². The molecule has 6 heteroatoms. The summed E-state index contributed by atoms with van der Waals surface area (Å²) in [5.74, 6) is 0.0124. The van der Waals surface area contributed by atoms with Crippen molar-refractivity contribution in [3.05, 3.63) is 17.5 Å². The number of methoxy groups -OCH3 is 1. The van der Waals surface area contributed by atoms with E-state index in [1.807, 2.05) is 20.2 Å². The summed E-state index contributed by atoms with van der Waals surface area (Å²) in [6, 6.07) is 0. The second-order valence-corrected chi connectivity index (χ2v) is 4.80. The van der Waals surface area contributed by atoms with E-state index in [0.717, 1.165) is 11.3 Å². The van der Waals surface area contributed by atoms with Crippen LogP contribution in [-0.4, -0.2) is 59.1 Å². The highest BCUT2D eigenvalue weighted by atomic mass is 16.5. The first-order chi connectivity index (χ1) is 8.93. The van der Waals surface area contributed by atoms with Gasteiger partial charge in [0.05, 0.1) is 18.4 Å². The van der Waals surface area contributed by atoms with Crippen LogP contribution in [0.4, 0.5) is 0 Å². The first kappa shape index (κ1) is 15.7. The molecular formula is C13H23N3O3. The molecule has 0 aliphatic carbocycles. The van der Waals surface area contributed by atoms with Crippen LogP contribution >= 0.6 is 0 Å². The Morgan fingerprint density at radius 2 is 2.32 bits per heavy atom. The highest BCUT2D eigenvalue weighted by Crippen LogP contribution is 2.08. The summed E-state index contributed by atoms with van der Waals surface area (Å²) in [6.07, 6.45) is 2.38. The predicted octanol–water partition coefficient (Wildman–Crippen LogP) is 0.127. The molecule has 1 unspecified atom stereocenters. The molecule has 0 aromatic carbocycles. The molecule has 1 N–H and O–H groups in total. The molecule has 1 rings (SSSR count). The molecular weight excluding hydrogens is 246 g/mol. The van der Waals surface area contributed by atoms with Gasteiger partial charge in [0, 0.05) is 40.4 Å². The second-order valence-electron chi connectivity index (χ2n) is 4.80. The minimum absolute atomic E-state index is 0.0124. The van der Waals surface area contributed by atoms with Gasteiger partial charge in [-0.15, -0.1) is 0 Å². The van der Waals surface area contributed by atoms with Crippen molar-refractivity contribution in [1.29, 1.82) is 0 Å². The van der Waals surface area contributed by atoms with Crippen LogP contribution in [0.2, 0.25) is 0 Å². The molecule has 6 nitrogen and oxygen atoms in total. The number of amides is 1. The molecule has 0 aliphatic heterocycles. The Morgan fingerprint density at radius 1 is 1.63 bits per heavy atom. The van der Waals surface area contributed by atoms with Crippen LogP contribution in [0, 0.1) is 6.92 Å². The van der Waals surface area contributed by atoms with Crippen molar-refractivity contribution in [1.82, 2.24) is 14.7 Å². The van der Waals surface area contributed by atoms with Crippen molar-refractivity contribution in [2.24, 2.45) is 7.05 Å². The number of hydrogen-bond acceptors (Lipinski definition) is 4. The van der Waals surface area contributed by atoms with Gasteiger partial charge in [-0.2, -0.15) is 5.10 Å². The first-order valence-electron chi connectivity index (χ1n) is 6.34. The number of hydrogen-bond donors (Lipinski definition) is 1. The number of nitrogens with zero attached hydrogens (tertiary/aromatic N) is 3. The molecule has 0 radical (unpaired) electrons. The molecule has 19 heavy (non-hydrogen) atoms. The number of aliphatic hydroxyl groups is 1.